The first-order valence-corrected chi connectivity index (χ1v) is 8.19. The van der Waals surface area contributed by atoms with Crippen molar-refractivity contribution >= 4 is 0 Å². The van der Waals surface area contributed by atoms with Crippen molar-refractivity contribution in [2.75, 3.05) is 59.5 Å². The molecule has 1 fully saturated rings. The Bertz CT molecular complexity index is 333. The molecule has 0 saturated carbocycles. The molecule has 0 aromatic carbocycles. The van der Waals surface area contributed by atoms with Gasteiger partial charge in [0.05, 0.1) is 70.5 Å². The number of ether oxygens (including phenoxy) is 5. The Morgan fingerprint density at radius 2 is 1.54 bits per heavy atom. The van der Waals surface area contributed by atoms with Crippen LogP contribution in [0.1, 0.15) is 13.8 Å². The van der Waals surface area contributed by atoms with Gasteiger partial charge in [-0.05, 0) is 13.8 Å². The van der Waals surface area contributed by atoms with Gasteiger partial charge in [-0.3, -0.25) is 0 Å². The number of aliphatic hydroxyl groups is 2. The van der Waals surface area contributed by atoms with Gasteiger partial charge in [0.25, 0.3) is 0 Å². The molecule has 3 unspecified atom stereocenters. The summed E-state index contributed by atoms with van der Waals surface area (Å²) in [6.45, 7) is 6.34. The number of hydrogen-bond acceptors (Lipinski definition) is 7. The molecule has 7 nitrogen and oxygen atoms in total. The second-order valence-electron chi connectivity index (χ2n) is 6.40. The lowest BCUT2D eigenvalue weighted by molar-refractivity contribution is -0.117. The molecule has 3 atom stereocenters. The largest absolute Gasteiger partial charge is 0.391 e. The van der Waals surface area contributed by atoms with Crippen molar-refractivity contribution in [3.63, 3.8) is 0 Å². The molecule has 0 aliphatic carbocycles. The van der Waals surface area contributed by atoms with E-state index in [1.807, 2.05) is 0 Å². The average molecular weight is 346 g/mol. The zero-order valence-electron chi connectivity index (χ0n) is 14.6. The first-order valence-electron chi connectivity index (χ1n) is 8.19. The molecule has 0 radical (unpaired) electrons. The fourth-order valence-electron chi connectivity index (χ4n) is 2.04. The number of hydrogen-bond donors (Lipinski definition) is 2. The van der Waals surface area contributed by atoms with Crippen molar-refractivity contribution in [2.24, 2.45) is 5.41 Å². The van der Waals surface area contributed by atoms with Crippen LogP contribution in [-0.2, 0) is 23.7 Å². The second kappa shape index (κ2) is 11.8. The van der Waals surface area contributed by atoms with Crippen LogP contribution >= 0.6 is 0 Å². The Labute approximate surface area is 144 Å². The van der Waals surface area contributed by atoms with Gasteiger partial charge < -0.3 is 33.9 Å². The van der Waals surface area contributed by atoms with Crippen molar-refractivity contribution in [1.82, 2.24) is 0 Å². The quantitative estimate of drug-likeness (QED) is 0.242. The molecule has 140 valence electrons. The minimum Gasteiger partial charge on any atom is -0.391 e. The van der Waals surface area contributed by atoms with E-state index in [0.717, 1.165) is 6.61 Å². The molecule has 0 amide bonds. The summed E-state index contributed by atoms with van der Waals surface area (Å²) in [5.74, 6) is 2.43. The van der Waals surface area contributed by atoms with Crippen LogP contribution in [0.4, 0.5) is 0 Å². The summed E-state index contributed by atoms with van der Waals surface area (Å²) in [4.78, 5) is 0. The molecule has 2 N–H and O–H groups in total. The third-order valence-electron chi connectivity index (χ3n) is 3.24. The first-order chi connectivity index (χ1) is 11.5. The van der Waals surface area contributed by atoms with E-state index in [1.165, 1.54) is 0 Å². The first kappa shape index (κ1) is 21.3. The van der Waals surface area contributed by atoms with Crippen molar-refractivity contribution in [3.8, 4) is 12.3 Å². The average Bonchev–Trinajstić information content (AvgIpc) is 3.31. The molecule has 0 spiro atoms. The molecule has 1 aliphatic rings. The highest BCUT2D eigenvalue weighted by molar-refractivity contribution is 4.85. The van der Waals surface area contributed by atoms with Crippen LogP contribution in [-0.4, -0.2) is 88.0 Å². The van der Waals surface area contributed by atoms with E-state index in [1.54, 1.807) is 13.8 Å². The fraction of sp³-hybridized carbons (Fsp3) is 0.882. The third-order valence-corrected chi connectivity index (χ3v) is 3.24. The van der Waals surface area contributed by atoms with Gasteiger partial charge in [0.2, 0.25) is 0 Å². The standard InChI is InChI=1S/C17H30O7/c1-4-5-20-10-17(11-21-6-14(2)18,12-22-7-15(3)19)13-23-8-16-9-24-16/h1,14-16,18-19H,5-13H2,2-3H3. The van der Waals surface area contributed by atoms with Crippen molar-refractivity contribution in [3.05, 3.63) is 0 Å². The lowest BCUT2D eigenvalue weighted by atomic mass is 9.92. The van der Waals surface area contributed by atoms with Crippen molar-refractivity contribution in [1.29, 1.82) is 0 Å². The summed E-state index contributed by atoms with van der Waals surface area (Å²) in [6, 6.07) is 0. The van der Waals surface area contributed by atoms with Gasteiger partial charge in [-0.25, -0.2) is 0 Å². The second-order valence-corrected chi connectivity index (χ2v) is 6.40. The zero-order chi connectivity index (χ0) is 17.8. The molecule has 7 heteroatoms. The van der Waals surface area contributed by atoms with Gasteiger partial charge in [0.15, 0.2) is 0 Å². The molecule has 1 saturated heterocycles. The highest BCUT2D eigenvalue weighted by atomic mass is 16.6. The van der Waals surface area contributed by atoms with Crippen molar-refractivity contribution < 1.29 is 33.9 Å². The van der Waals surface area contributed by atoms with Gasteiger partial charge >= 0.3 is 0 Å². The van der Waals surface area contributed by atoms with Gasteiger partial charge in [0.1, 0.15) is 12.7 Å². The molecule has 1 rings (SSSR count). The predicted octanol–water partition coefficient (Wildman–Crippen LogP) is -0.167. The molecule has 1 heterocycles. The van der Waals surface area contributed by atoms with Gasteiger partial charge in [-0.2, -0.15) is 0 Å². The number of terminal acetylenes is 1. The van der Waals surface area contributed by atoms with Crippen LogP contribution in [0, 0.1) is 17.8 Å². The van der Waals surface area contributed by atoms with Crippen molar-refractivity contribution in [2.45, 2.75) is 32.2 Å². The highest BCUT2D eigenvalue weighted by Gasteiger charge is 2.34. The summed E-state index contributed by atoms with van der Waals surface area (Å²) >= 11 is 0. The van der Waals surface area contributed by atoms with Crippen LogP contribution < -0.4 is 0 Å². The maximum absolute atomic E-state index is 9.37. The lowest BCUT2D eigenvalue weighted by Crippen LogP contribution is -2.43. The maximum Gasteiger partial charge on any atom is 0.107 e. The monoisotopic (exact) mass is 346 g/mol. The van der Waals surface area contributed by atoms with Crippen LogP contribution in [0.25, 0.3) is 0 Å². The Kier molecular flexibility index (Phi) is 10.5. The number of aliphatic hydroxyl groups excluding tert-OH is 2. The van der Waals surface area contributed by atoms with E-state index in [2.05, 4.69) is 5.92 Å². The molecule has 0 aromatic heterocycles. The summed E-state index contributed by atoms with van der Waals surface area (Å²) < 4.78 is 27.5. The van der Waals surface area contributed by atoms with Crippen LogP contribution in [0.5, 0.6) is 0 Å². The highest BCUT2D eigenvalue weighted by Crippen LogP contribution is 2.22. The van der Waals surface area contributed by atoms with E-state index in [0.29, 0.717) is 19.8 Å². The fourth-order valence-corrected chi connectivity index (χ4v) is 2.04. The minimum absolute atomic E-state index is 0.158. The minimum atomic E-state index is -0.574. The molecule has 24 heavy (non-hydrogen) atoms. The van der Waals surface area contributed by atoms with E-state index in [-0.39, 0.29) is 39.1 Å². The smallest absolute Gasteiger partial charge is 0.107 e. The van der Waals surface area contributed by atoms with E-state index >= 15 is 0 Å². The Balaban J connectivity index is 2.58. The molecular formula is C17H30O7. The molecule has 1 aliphatic heterocycles. The number of rotatable bonds is 15. The maximum atomic E-state index is 9.37. The van der Waals surface area contributed by atoms with E-state index < -0.39 is 17.6 Å². The lowest BCUT2D eigenvalue weighted by Gasteiger charge is -2.33. The zero-order valence-corrected chi connectivity index (χ0v) is 14.6. The van der Waals surface area contributed by atoms with Gasteiger partial charge in [-0.15, -0.1) is 6.42 Å². The molecular weight excluding hydrogens is 316 g/mol. The molecule has 0 aromatic rings. The van der Waals surface area contributed by atoms with Gasteiger partial charge in [-0.1, -0.05) is 5.92 Å². The van der Waals surface area contributed by atoms with Crippen LogP contribution in [0.15, 0.2) is 0 Å². The third kappa shape index (κ3) is 10.2. The Hall–Kier alpha value is -0.720. The molecule has 0 bridgehead atoms. The van der Waals surface area contributed by atoms with E-state index in [4.69, 9.17) is 30.1 Å². The van der Waals surface area contributed by atoms with E-state index in [9.17, 15) is 10.2 Å². The summed E-state index contributed by atoms with van der Waals surface area (Å²) in [6.07, 6.45) is 4.27. The van der Waals surface area contributed by atoms with Crippen LogP contribution in [0.2, 0.25) is 0 Å². The normalized spacial score (nSPS) is 21.7. The Morgan fingerprint density at radius 1 is 1.04 bits per heavy atom. The SMILES string of the molecule is C#CCOCC(COCC(C)O)(COCC(C)O)COCC1CO1. The summed E-state index contributed by atoms with van der Waals surface area (Å²) in [7, 11) is 0. The number of epoxide rings is 1. The van der Waals surface area contributed by atoms with Crippen LogP contribution in [0.3, 0.4) is 0 Å². The Morgan fingerprint density at radius 3 is 2.00 bits per heavy atom. The predicted molar refractivity (Wildman–Crippen MR) is 87.6 cm³/mol. The van der Waals surface area contributed by atoms with Gasteiger partial charge in [0, 0.05) is 0 Å². The summed E-state index contributed by atoms with van der Waals surface area (Å²) in [5.41, 5.74) is -0.574. The summed E-state index contributed by atoms with van der Waals surface area (Å²) in [5, 5.41) is 18.7. The topological polar surface area (TPSA) is 89.9 Å².